The lowest BCUT2D eigenvalue weighted by Crippen LogP contribution is -2.42. The predicted molar refractivity (Wildman–Crippen MR) is 165 cm³/mol. The summed E-state index contributed by atoms with van der Waals surface area (Å²) in [5, 5.41) is 11.1. The smallest absolute Gasteiger partial charge is 0.416 e. The van der Waals surface area contributed by atoms with Crippen molar-refractivity contribution in [2.45, 2.75) is 66.2 Å². The van der Waals surface area contributed by atoms with Gasteiger partial charge in [-0.15, -0.1) is 0 Å². The Morgan fingerprint density at radius 2 is 1.77 bits per heavy atom. The van der Waals surface area contributed by atoms with Crippen LogP contribution in [0.25, 0.3) is 0 Å². The average Bonchev–Trinajstić information content (AvgIpc) is 2.92. The molecule has 0 amide bonds. The lowest BCUT2D eigenvalue weighted by Gasteiger charge is -2.44. The topological polar surface area (TPSA) is 79.4 Å². The number of nitriles is 1. The molecule has 3 aromatic carbocycles. The van der Waals surface area contributed by atoms with Crippen molar-refractivity contribution in [3.8, 4) is 11.8 Å². The van der Waals surface area contributed by atoms with Crippen molar-refractivity contribution in [3.63, 3.8) is 0 Å². The van der Waals surface area contributed by atoms with Crippen molar-refractivity contribution in [3.05, 3.63) is 116 Å². The Bertz CT molecular complexity index is 1780. The first-order valence-corrected chi connectivity index (χ1v) is 14.6. The molecule has 44 heavy (non-hydrogen) atoms. The Morgan fingerprint density at radius 3 is 2.43 bits per heavy atom. The molecule has 1 unspecified atom stereocenters. The first kappa shape index (κ1) is 31.2. The van der Waals surface area contributed by atoms with Crippen LogP contribution in [-0.2, 0) is 17.6 Å². The zero-order valence-electron chi connectivity index (χ0n) is 25.2. The number of benzene rings is 3. The van der Waals surface area contributed by atoms with Gasteiger partial charge in [-0.1, -0.05) is 43.6 Å². The Hall–Kier alpha value is -4.22. The highest BCUT2D eigenvalue weighted by Gasteiger charge is 2.45. The predicted octanol–water partition coefficient (Wildman–Crippen LogP) is 8.80. The molecule has 0 saturated heterocycles. The van der Waals surface area contributed by atoms with Crippen LogP contribution < -0.4 is 15.4 Å². The normalized spacial score (nSPS) is 18.3. The summed E-state index contributed by atoms with van der Waals surface area (Å²) >= 11 is 6.10. The van der Waals surface area contributed by atoms with Gasteiger partial charge in [-0.2, -0.15) is 18.4 Å². The number of alkyl halides is 3. The number of rotatable bonds is 5. The van der Waals surface area contributed by atoms with Crippen LogP contribution in [0.5, 0.6) is 5.75 Å². The van der Waals surface area contributed by atoms with Gasteiger partial charge in [0.1, 0.15) is 18.2 Å². The molecule has 0 spiro atoms. The summed E-state index contributed by atoms with van der Waals surface area (Å²) in [4.78, 5) is 15.4. The Morgan fingerprint density at radius 1 is 1.05 bits per heavy atom. The number of carbonyl (C=O) groups excluding carboxylic acids is 1. The van der Waals surface area contributed by atoms with E-state index in [4.69, 9.17) is 22.1 Å². The van der Waals surface area contributed by atoms with Crippen molar-refractivity contribution >= 4 is 23.1 Å². The SMILES string of the molecule is Cc1cc(C)c(C2C(C#N)=C(N)N(c3cccc(C(F)(F)F)c3)C3=C2C(=O)CC(C)(C)C3)cc1COc1ccc(Cl)cc1C. The van der Waals surface area contributed by atoms with Gasteiger partial charge in [0.2, 0.25) is 0 Å². The van der Waals surface area contributed by atoms with Crippen LogP contribution in [0.3, 0.4) is 0 Å². The summed E-state index contributed by atoms with van der Waals surface area (Å²) in [5.41, 5.74) is 10.9. The van der Waals surface area contributed by atoms with Crippen molar-refractivity contribution in [1.29, 1.82) is 5.26 Å². The Kier molecular flexibility index (Phi) is 8.06. The molecule has 1 aliphatic carbocycles. The lowest BCUT2D eigenvalue weighted by atomic mass is 9.68. The number of aryl methyl sites for hydroxylation is 3. The standard InChI is InChI=1S/C35H33ClF3N3O2/c1-19-11-20(2)26(13-22(19)18-44-30-10-9-24(36)12-21(30)3)31-27(17-40)33(41)42(25-8-6-7-23(14-25)35(37,38)39)28-15-34(4,5)16-29(43)32(28)31/h6-14,31H,15-16,18,41H2,1-5H3. The molecule has 1 atom stereocenters. The van der Waals surface area contributed by atoms with Gasteiger partial charge in [-0.25, -0.2) is 0 Å². The van der Waals surface area contributed by atoms with E-state index in [-0.39, 0.29) is 35.9 Å². The summed E-state index contributed by atoms with van der Waals surface area (Å²) in [6.07, 6.45) is -3.96. The van der Waals surface area contributed by atoms with Crippen molar-refractivity contribution in [2.75, 3.05) is 4.90 Å². The van der Waals surface area contributed by atoms with Crippen LogP contribution in [0.2, 0.25) is 5.02 Å². The summed E-state index contributed by atoms with van der Waals surface area (Å²) < 4.78 is 47.3. The molecule has 0 saturated carbocycles. The number of nitrogens with zero attached hydrogens (tertiary/aromatic N) is 2. The molecule has 5 nitrogen and oxygen atoms in total. The minimum absolute atomic E-state index is 0.00985. The van der Waals surface area contributed by atoms with Gasteiger partial charge in [-0.3, -0.25) is 9.69 Å². The molecule has 0 aromatic heterocycles. The van der Waals surface area contributed by atoms with Crippen molar-refractivity contribution in [1.82, 2.24) is 0 Å². The van der Waals surface area contributed by atoms with Gasteiger partial charge in [-0.05, 0) is 96.8 Å². The van der Waals surface area contributed by atoms with Crippen LogP contribution in [0.15, 0.2) is 77.3 Å². The summed E-state index contributed by atoms with van der Waals surface area (Å²) in [7, 11) is 0. The monoisotopic (exact) mass is 619 g/mol. The first-order chi connectivity index (χ1) is 20.6. The maximum absolute atomic E-state index is 14.0. The van der Waals surface area contributed by atoms with E-state index in [1.807, 2.05) is 58.9 Å². The first-order valence-electron chi connectivity index (χ1n) is 14.2. The molecule has 0 fully saturated rings. The zero-order chi connectivity index (χ0) is 32.1. The third-order valence-corrected chi connectivity index (χ3v) is 8.60. The highest BCUT2D eigenvalue weighted by atomic mass is 35.5. The fourth-order valence-electron chi connectivity index (χ4n) is 6.25. The van der Waals surface area contributed by atoms with Crippen molar-refractivity contribution in [2.24, 2.45) is 11.1 Å². The zero-order valence-corrected chi connectivity index (χ0v) is 26.0. The molecule has 2 N–H and O–H groups in total. The number of nitrogens with two attached hydrogens (primary N) is 1. The molecular weight excluding hydrogens is 587 g/mol. The summed E-state index contributed by atoms with van der Waals surface area (Å²) in [6, 6.07) is 16.3. The number of Topliss-reactive ketones (excluding diaryl/α,β-unsaturated/α-hetero) is 1. The minimum Gasteiger partial charge on any atom is -0.489 e. The molecule has 5 rings (SSSR count). The molecule has 9 heteroatoms. The lowest BCUT2D eigenvalue weighted by molar-refractivity contribution is -0.137. The van der Waals surface area contributed by atoms with Gasteiger partial charge in [0.05, 0.1) is 23.1 Å². The number of carbonyl (C=O) groups is 1. The van der Waals surface area contributed by atoms with E-state index < -0.39 is 23.1 Å². The second kappa shape index (κ2) is 11.4. The highest BCUT2D eigenvalue weighted by molar-refractivity contribution is 6.30. The van der Waals surface area contributed by atoms with E-state index in [1.165, 1.54) is 17.0 Å². The van der Waals surface area contributed by atoms with E-state index in [2.05, 4.69) is 6.07 Å². The van der Waals surface area contributed by atoms with E-state index in [9.17, 15) is 23.2 Å². The van der Waals surface area contributed by atoms with Crippen LogP contribution >= 0.6 is 11.6 Å². The van der Waals surface area contributed by atoms with Gasteiger partial charge in [0.25, 0.3) is 0 Å². The fourth-order valence-corrected chi connectivity index (χ4v) is 6.48. The molecule has 2 aliphatic rings. The number of ether oxygens (including phenoxy) is 1. The second-order valence-electron chi connectivity index (χ2n) is 12.4. The maximum Gasteiger partial charge on any atom is 0.416 e. The van der Waals surface area contributed by atoms with Crippen molar-refractivity contribution < 1.29 is 22.7 Å². The quantitative estimate of drug-likeness (QED) is 0.309. The largest absolute Gasteiger partial charge is 0.489 e. The van der Waals surface area contributed by atoms with E-state index >= 15 is 0 Å². The Labute approximate surface area is 260 Å². The van der Waals surface area contributed by atoms with Crippen LogP contribution in [0, 0.1) is 37.5 Å². The molecule has 1 heterocycles. The van der Waals surface area contributed by atoms with E-state index in [0.717, 1.165) is 39.9 Å². The highest BCUT2D eigenvalue weighted by Crippen LogP contribution is 2.51. The van der Waals surface area contributed by atoms with E-state index in [1.54, 1.807) is 6.07 Å². The summed E-state index contributed by atoms with van der Waals surface area (Å²) in [5.74, 6) is -0.247. The molecule has 0 radical (unpaired) electrons. The third kappa shape index (κ3) is 5.81. The number of halogens is 4. The van der Waals surface area contributed by atoms with Gasteiger partial charge in [0, 0.05) is 28.4 Å². The maximum atomic E-state index is 14.0. The molecule has 228 valence electrons. The Balaban J connectivity index is 1.67. The van der Waals surface area contributed by atoms with Crippen LogP contribution in [0.4, 0.5) is 18.9 Å². The molecule has 0 bridgehead atoms. The van der Waals surface area contributed by atoms with Crippen LogP contribution in [-0.4, -0.2) is 5.78 Å². The number of hydrogen-bond donors (Lipinski definition) is 1. The minimum atomic E-state index is -4.58. The molecular formula is C35H33ClF3N3O2. The number of allylic oxidation sites excluding steroid dienone is 3. The molecule has 1 aliphatic heterocycles. The second-order valence-corrected chi connectivity index (χ2v) is 12.8. The van der Waals surface area contributed by atoms with Gasteiger partial charge in [0.15, 0.2) is 5.78 Å². The third-order valence-electron chi connectivity index (χ3n) is 8.37. The molecule has 3 aromatic rings. The fraction of sp³-hybridized carbons (Fsp3) is 0.314. The van der Waals surface area contributed by atoms with Crippen LogP contribution in [0.1, 0.15) is 66.0 Å². The summed E-state index contributed by atoms with van der Waals surface area (Å²) in [6.45, 7) is 9.91. The number of ketones is 1. The number of anilines is 1. The average molecular weight is 620 g/mol. The number of hydrogen-bond acceptors (Lipinski definition) is 5. The van der Waals surface area contributed by atoms with Gasteiger partial charge >= 0.3 is 6.18 Å². The van der Waals surface area contributed by atoms with E-state index in [0.29, 0.717) is 28.5 Å². The van der Waals surface area contributed by atoms with Gasteiger partial charge < -0.3 is 10.5 Å².